The summed E-state index contributed by atoms with van der Waals surface area (Å²) >= 11 is 5.24. The summed E-state index contributed by atoms with van der Waals surface area (Å²) in [6.45, 7) is 6.47. The number of nitrogens with zero attached hydrogens (tertiary/aromatic N) is 2. The van der Waals surface area contributed by atoms with Gasteiger partial charge in [-0.1, -0.05) is 33.1 Å². The van der Waals surface area contributed by atoms with E-state index < -0.39 is 22.4 Å². The number of hydrogen-bond acceptors (Lipinski definition) is 5. The summed E-state index contributed by atoms with van der Waals surface area (Å²) in [6.07, 6.45) is 4.37. The monoisotopic (exact) mass is 421 g/mol. The van der Waals surface area contributed by atoms with E-state index in [2.05, 4.69) is 29.9 Å². The molecule has 0 unspecified atom stereocenters. The topological polar surface area (TPSA) is 117 Å². The zero-order valence-electron chi connectivity index (χ0n) is 16.9. The van der Waals surface area contributed by atoms with Crippen LogP contribution in [0.15, 0.2) is 24.3 Å². The Balaban J connectivity index is 2.02. The van der Waals surface area contributed by atoms with Crippen molar-refractivity contribution in [1.29, 1.82) is 0 Å². The second kappa shape index (κ2) is 9.64. The van der Waals surface area contributed by atoms with Crippen molar-refractivity contribution in [3.05, 3.63) is 39.9 Å². The molecule has 1 heterocycles. The zero-order chi connectivity index (χ0) is 21.6. The lowest BCUT2D eigenvalue weighted by Crippen LogP contribution is -2.51. The molecule has 2 atom stereocenters. The summed E-state index contributed by atoms with van der Waals surface area (Å²) in [6, 6.07) is 4.86. The number of nitro groups is 1. The van der Waals surface area contributed by atoms with Crippen molar-refractivity contribution in [2.75, 3.05) is 6.54 Å². The minimum Gasteiger partial charge on any atom is -0.361 e. The van der Waals surface area contributed by atoms with Gasteiger partial charge in [0.25, 0.3) is 11.6 Å². The molecular weight excluding hydrogens is 394 g/mol. The third kappa shape index (κ3) is 5.20. The lowest BCUT2D eigenvalue weighted by molar-refractivity contribution is -0.384. The number of nitro benzene ring substituents is 1. The van der Waals surface area contributed by atoms with Crippen LogP contribution in [0.5, 0.6) is 0 Å². The molecular formula is C19H27N5O4S. The van der Waals surface area contributed by atoms with Gasteiger partial charge in [0.2, 0.25) is 0 Å². The molecule has 1 fully saturated rings. The maximum Gasteiger partial charge on any atom is 0.344 e. The number of imide groups is 1. The highest BCUT2D eigenvalue weighted by Crippen LogP contribution is 2.29. The first kappa shape index (κ1) is 22.5. The standard InChI is InChI=1S/C19H27N5O4S/c1-4-6-7-13(5-2)12-20-17(29)22-23-16(25)19(3,21-18(23)26)14-8-10-15(11-9-14)24(27)28/h8-11,13H,4-7,12H2,1-3H3,(H,21,26)(H2,20,22,29)/t13-,19-/m0/s1. The highest BCUT2D eigenvalue weighted by atomic mass is 32.1. The minimum absolute atomic E-state index is 0.0944. The molecule has 1 aromatic rings. The van der Waals surface area contributed by atoms with E-state index >= 15 is 0 Å². The van der Waals surface area contributed by atoms with E-state index in [1.807, 2.05) is 0 Å². The van der Waals surface area contributed by atoms with Gasteiger partial charge in [-0.15, -0.1) is 0 Å². The smallest absolute Gasteiger partial charge is 0.344 e. The minimum atomic E-state index is -1.35. The number of benzene rings is 1. The molecule has 1 aliphatic rings. The zero-order valence-corrected chi connectivity index (χ0v) is 17.7. The van der Waals surface area contributed by atoms with E-state index in [0.29, 0.717) is 18.0 Å². The molecule has 10 heteroatoms. The van der Waals surface area contributed by atoms with Crippen LogP contribution in [-0.2, 0) is 10.3 Å². The lowest BCUT2D eigenvalue weighted by Gasteiger charge is -2.23. The number of amides is 3. The summed E-state index contributed by atoms with van der Waals surface area (Å²) in [5, 5.41) is 17.5. The van der Waals surface area contributed by atoms with Gasteiger partial charge in [0, 0.05) is 18.7 Å². The highest BCUT2D eigenvalue weighted by molar-refractivity contribution is 7.80. The first-order chi connectivity index (χ1) is 13.7. The van der Waals surface area contributed by atoms with Gasteiger partial charge >= 0.3 is 6.03 Å². The molecule has 3 N–H and O–H groups in total. The van der Waals surface area contributed by atoms with E-state index in [1.54, 1.807) is 6.92 Å². The number of hydrazine groups is 1. The van der Waals surface area contributed by atoms with Crippen molar-refractivity contribution < 1.29 is 14.5 Å². The average Bonchev–Trinajstić information content (AvgIpc) is 2.92. The van der Waals surface area contributed by atoms with Crippen LogP contribution < -0.4 is 16.1 Å². The Kier molecular flexibility index (Phi) is 7.49. The molecule has 1 saturated heterocycles. The van der Waals surface area contributed by atoms with Gasteiger partial charge in [-0.3, -0.25) is 20.3 Å². The van der Waals surface area contributed by atoms with Gasteiger partial charge in [-0.05, 0) is 49.2 Å². The molecule has 29 heavy (non-hydrogen) atoms. The Morgan fingerprint density at radius 3 is 2.52 bits per heavy atom. The van der Waals surface area contributed by atoms with Crippen molar-refractivity contribution >= 4 is 35.0 Å². The number of rotatable bonds is 9. The number of nitrogens with one attached hydrogen (secondary N) is 3. The molecule has 0 bridgehead atoms. The highest BCUT2D eigenvalue weighted by Gasteiger charge is 2.49. The van der Waals surface area contributed by atoms with Crippen LogP contribution in [-0.4, -0.2) is 33.5 Å². The number of non-ortho nitro benzene ring substituents is 1. The fourth-order valence-electron chi connectivity index (χ4n) is 3.17. The molecule has 2 rings (SSSR count). The van der Waals surface area contributed by atoms with Gasteiger partial charge in [0.1, 0.15) is 5.54 Å². The van der Waals surface area contributed by atoms with E-state index in [9.17, 15) is 19.7 Å². The van der Waals surface area contributed by atoms with Gasteiger partial charge in [0.05, 0.1) is 4.92 Å². The van der Waals surface area contributed by atoms with Crippen LogP contribution in [0.3, 0.4) is 0 Å². The summed E-state index contributed by atoms with van der Waals surface area (Å²) in [4.78, 5) is 35.5. The van der Waals surface area contributed by atoms with Crippen LogP contribution in [0.4, 0.5) is 10.5 Å². The third-order valence-corrected chi connectivity index (χ3v) is 5.39. The van der Waals surface area contributed by atoms with Crippen LogP contribution in [0.1, 0.15) is 52.0 Å². The maximum absolute atomic E-state index is 12.9. The number of unbranched alkanes of at least 4 members (excludes halogenated alkanes) is 1. The fraction of sp³-hybridized carbons (Fsp3) is 0.526. The Bertz CT molecular complexity index is 785. The molecule has 1 aromatic carbocycles. The maximum atomic E-state index is 12.9. The molecule has 0 aliphatic carbocycles. The summed E-state index contributed by atoms with van der Waals surface area (Å²) in [5.41, 5.74) is 1.65. The van der Waals surface area contributed by atoms with Crippen LogP contribution in [0.25, 0.3) is 0 Å². The Hall–Kier alpha value is -2.75. The Labute approximate surface area is 175 Å². The predicted octanol–water partition coefficient (Wildman–Crippen LogP) is 2.96. The third-order valence-electron chi connectivity index (χ3n) is 5.15. The van der Waals surface area contributed by atoms with Crippen LogP contribution in [0.2, 0.25) is 0 Å². The molecule has 0 spiro atoms. The van der Waals surface area contributed by atoms with E-state index in [-0.39, 0.29) is 10.8 Å². The van der Waals surface area contributed by atoms with E-state index in [1.165, 1.54) is 24.3 Å². The van der Waals surface area contributed by atoms with Gasteiger partial charge < -0.3 is 10.6 Å². The van der Waals surface area contributed by atoms with E-state index in [0.717, 1.165) is 30.7 Å². The number of carbonyl (C=O) groups excluding carboxylic acids is 2. The summed E-state index contributed by atoms with van der Waals surface area (Å²) < 4.78 is 0. The molecule has 158 valence electrons. The molecule has 0 saturated carbocycles. The lowest BCUT2D eigenvalue weighted by atomic mass is 9.92. The van der Waals surface area contributed by atoms with Crippen molar-refractivity contribution in [2.24, 2.45) is 5.92 Å². The van der Waals surface area contributed by atoms with E-state index in [4.69, 9.17) is 12.2 Å². The Morgan fingerprint density at radius 1 is 1.31 bits per heavy atom. The number of hydrogen-bond donors (Lipinski definition) is 3. The van der Waals surface area contributed by atoms with Gasteiger partial charge in [-0.25, -0.2) is 4.79 Å². The fourth-order valence-corrected chi connectivity index (χ4v) is 3.35. The molecule has 3 amide bonds. The first-order valence-corrected chi connectivity index (χ1v) is 10.1. The van der Waals surface area contributed by atoms with Crippen LogP contribution in [0, 0.1) is 16.0 Å². The molecule has 0 aromatic heterocycles. The van der Waals surface area contributed by atoms with Gasteiger partial charge in [0.15, 0.2) is 5.11 Å². The van der Waals surface area contributed by atoms with Crippen molar-refractivity contribution in [3.63, 3.8) is 0 Å². The van der Waals surface area contributed by atoms with Crippen molar-refractivity contribution in [1.82, 2.24) is 21.1 Å². The SMILES string of the molecule is CCCC[C@H](CC)CNC(=S)NN1C(=O)N[C@@](C)(c2ccc([N+](=O)[O-])cc2)C1=O. The van der Waals surface area contributed by atoms with Gasteiger partial charge in [-0.2, -0.15) is 5.01 Å². The van der Waals surface area contributed by atoms with Crippen molar-refractivity contribution in [2.45, 2.75) is 52.0 Å². The number of thiocarbonyl (C=S) groups is 1. The van der Waals surface area contributed by atoms with Crippen LogP contribution >= 0.6 is 12.2 Å². The predicted molar refractivity (Wildman–Crippen MR) is 113 cm³/mol. The molecule has 1 aliphatic heterocycles. The average molecular weight is 422 g/mol. The molecule has 0 radical (unpaired) electrons. The first-order valence-electron chi connectivity index (χ1n) is 9.69. The second-order valence-corrected chi connectivity index (χ2v) is 7.65. The second-order valence-electron chi connectivity index (χ2n) is 7.24. The quantitative estimate of drug-likeness (QED) is 0.243. The summed E-state index contributed by atoms with van der Waals surface area (Å²) in [5.74, 6) is -0.0818. The Morgan fingerprint density at radius 2 is 1.97 bits per heavy atom. The molecule has 9 nitrogen and oxygen atoms in total. The van der Waals surface area contributed by atoms with Crippen molar-refractivity contribution in [3.8, 4) is 0 Å². The number of carbonyl (C=O) groups is 2. The number of urea groups is 1. The summed E-state index contributed by atoms with van der Waals surface area (Å²) in [7, 11) is 0. The normalized spacial score (nSPS) is 19.6. The largest absolute Gasteiger partial charge is 0.361 e.